The molecular weight excluding hydrogens is 212 g/mol. The third-order valence-electron chi connectivity index (χ3n) is 3.33. The van der Waals surface area contributed by atoms with Crippen molar-refractivity contribution in [3.05, 3.63) is 0 Å². The van der Waals surface area contributed by atoms with Crippen LogP contribution in [0.1, 0.15) is 46.5 Å². The number of nitrogens with one attached hydrogen (secondary N) is 1. The van der Waals surface area contributed by atoms with Gasteiger partial charge in [0, 0.05) is 6.61 Å². The molecule has 98 valence electrons. The molecule has 1 rings (SSSR count). The molecule has 0 amide bonds. The highest BCUT2D eigenvalue weighted by Gasteiger charge is 2.45. The topological polar surface area (TPSA) is 45.0 Å². The number of hydrogen-bond acceptors (Lipinski definition) is 3. The number of nitrogens with zero attached hydrogens (tertiary/aromatic N) is 1. The molecule has 0 aromatic carbocycles. The SMILES string of the molecule is CCCNC(C#N)(COCCC(C)C)C1CC1. The Labute approximate surface area is 106 Å². The highest BCUT2D eigenvalue weighted by molar-refractivity contribution is 5.15. The zero-order chi connectivity index (χ0) is 12.7. The number of rotatable bonds is 9. The lowest BCUT2D eigenvalue weighted by molar-refractivity contribution is 0.0740. The van der Waals surface area contributed by atoms with Crippen LogP contribution in [0, 0.1) is 23.2 Å². The minimum atomic E-state index is -0.424. The van der Waals surface area contributed by atoms with Crippen molar-refractivity contribution in [3.8, 4) is 6.07 Å². The Morgan fingerprint density at radius 3 is 2.65 bits per heavy atom. The molecule has 0 radical (unpaired) electrons. The molecule has 1 saturated carbocycles. The summed E-state index contributed by atoms with van der Waals surface area (Å²) in [5, 5.41) is 12.8. The van der Waals surface area contributed by atoms with Crippen molar-refractivity contribution in [2.45, 2.75) is 52.0 Å². The van der Waals surface area contributed by atoms with Gasteiger partial charge in [-0.2, -0.15) is 5.26 Å². The van der Waals surface area contributed by atoms with Gasteiger partial charge in [0.25, 0.3) is 0 Å². The molecule has 0 aromatic heterocycles. The molecule has 0 aromatic rings. The molecule has 3 nitrogen and oxygen atoms in total. The van der Waals surface area contributed by atoms with Gasteiger partial charge in [-0.1, -0.05) is 20.8 Å². The molecule has 1 aliphatic carbocycles. The third kappa shape index (κ3) is 4.65. The Bertz CT molecular complexity index is 255. The molecule has 3 heteroatoms. The van der Waals surface area contributed by atoms with Crippen LogP contribution in [0.2, 0.25) is 0 Å². The van der Waals surface area contributed by atoms with Crippen molar-refractivity contribution >= 4 is 0 Å². The Morgan fingerprint density at radius 1 is 1.47 bits per heavy atom. The molecule has 0 bridgehead atoms. The van der Waals surface area contributed by atoms with Crippen molar-refractivity contribution in [1.82, 2.24) is 5.32 Å². The van der Waals surface area contributed by atoms with Crippen LogP contribution in [0.15, 0.2) is 0 Å². The molecule has 1 aliphatic rings. The second kappa shape index (κ2) is 6.98. The van der Waals surface area contributed by atoms with Crippen LogP contribution in [-0.4, -0.2) is 25.3 Å². The summed E-state index contributed by atoms with van der Waals surface area (Å²) in [6.07, 6.45) is 4.46. The first-order valence-corrected chi connectivity index (χ1v) is 6.88. The molecule has 0 spiro atoms. The van der Waals surface area contributed by atoms with E-state index in [0.717, 1.165) is 38.8 Å². The highest BCUT2D eigenvalue weighted by atomic mass is 16.5. The zero-order valence-electron chi connectivity index (χ0n) is 11.5. The highest BCUT2D eigenvalue weighted by Crippen LogP contribution is 2.39. The molecule has 1 unspecified atom stereocenters. The van der Waals surface area contributed by atoms with Crippen LogP contribution in [0.4, 0.5) is 0 Å². The predicted molar refractivity (Wildman–Crippen MR) is 69.6 cm³/mol. The van der Waals surface area contributed by atoms with Gasteiger partial charge in [0.1, 0.15) is 5.54 Å². The van der Waals surface area contributed by atoms with Gasteiger partial charge in [-0.25, -0.2) is 0 Å². The normalized spacial score (nSPS) is 19.0. The molecule has 1 fully saturated rings. The van der Waals surface area contributed by atoms with E-state index < -0.39 is 5.54 Å². The van der Waals surface area contributed by atoms with E-state index in [1.54, 1.807) is 0 Å². The summed E-state index contributed by atoms with van der Waals surface area (Å²) in [5.41, 5.74) is -0.424. The molecule has 1 atom stereocenters. The lowest BCUT2D eigenvalue weighted by atomic mass is 9.96. The average Bonchev–Trinajstić information content (AvgIpc) is 3.13. The summed E-state index contributed by atoms with van der Waals surface area (Å²) in [6, 6.07) is 2.46. The Hall–Kier alpha value is -0.590. The fourth-order valence-corrected chi connectivity index (χ4v) is 1.95. The first kappa shape index (κ1) is 14.5. The molecule has 17 heavy (non-hydrogen) atoms. The minimum absolute atomic E-state index is 0.424. The third-order valence-corrected chi connectivity index (χ3v) is 3.33. The van der Waals surface area contributed by atoms with Crippen LogP contribution >= 0.6 is 0 Å². The van der Waals surface area contributed by atoms with E-state index in [4.69, 9.17) is 4.74 Å². The van der Waals surface area contributed by atoms with Crippen LogP contribution in [-0.2, 0) is 4.74 Å². The summed E-state index contributed by atoms with van der Waals surface area (Å²) < 4.78 is 5.71. The Morgan fingerprint density at radius 2 is 2.18 bits per heavy atom. The minimum Gasteiger partial charge on any atom is -0.378 e. The smallest absolute Gasteiger partial charge is 0.133 e. The van der Waals surface area contributed by atoms with Gasteiger partial charge in [0.05, 0.1) is 12.7 Å². The van der Waals surface area contributed by atoms with Gasteiger partial charge in [-0.15, -0.1) is 0 Å². The van der Waals surface area contributed by atoms with Crippen molar-refractivity contribution in [1.29, 1.82) is 5.26 Å². The Kier molecular flexibility index (Phi) is 5.94. The zero-order valence-corrected chi connectivity index (χ0v) is 11.5. The summed E-state index contributed by atoms with van der Waals surface area (Å²) in [5.74, 6) is 1.16. The van der Waals surface area contributed by atoms with Gasteiger partial charge in [0.15, 0.2) is 0 Å². The van der Waals surface area contributed by atoms with Gasteiger partial charge < -0.3 is 4.74 Å². The van der Waals surface area contributed by atoms with E-state index in [2.05, 4.69) is 32.2 Å². The molecule has 0 heterocycles. The van der Waals surface area contributed by atoms with Crippen molar-refractivity contribution < 1.29 is 4.74 Å². The molecular formula is C14H26N2O. The lowest BCUT2D eigenvalue weighted by Gasteiger charge is -2.28. The maximum Gasteiger partial charge on any atom is 0.133 e. The van der Waals surface area contributed by atoms with Crippen molar-refractivity contribution in [2.75, 3.05) is 19.8 Å². The second-order valence-corrected chi connectivity index (χ2v) is 5.52. The number of hydrogen-bond donors (Lipinski definition) is 1. The maximum atomic E-state index is 9.43. The van der Waals surface area contributed by atoms with Crippen LogP contribution in [0.3, 0.4) is 0 Å². The largest absolute Gasteiger partial charge is 0.378 e. The van der Waals surface area contributed by atoms with Gasteiger partial charge in [0.2, 0.25) is 0 Å². The quantitative estimate of drug-likeness (QED) is 0.628. The van der Waals surface area contributed by atoms with E-state index >= 15 is 0 Å². The Balaban J connectivity index is 2.37. The summed E-state index contributed by atoms with van der Waals surface area (Å²) in [4.78, 5) is 0. The number of ether oxygens (including phenoxy) is 1. The monoisotopic (exact) mass is 238 g/mol. The summed E-state index contributed by atoms with van der Waals surface area (Å²) in [7, 11) is 0. The summed E-state index contributed by atoms with van der Waals surface area (Å²) in [6.45, 7) is 8.72. The van der Waals surface area contributed by atoms with Gasteiger partial charge in [-0.3, -0.25) is 5.32 Å². The second-order valence-electron chi connectivity index (χ2n) is 5.52. The molecule has 0 saturated heterocycles. The van der Waals surface area contributed by atoms with E-state index in [0.29, 0.717) is 18.4 Å². The van der Waals surface area contributed by atoms with Crippen LogP contribution in [0.25, 0.3) is 0 Å². The number of nitriles is 1. The average molecular weight is 238 g/mol. The fraction of sp³-hybridized carbons (Fsp3) is 0.929. The maximum absolute atomic E-state index is 9.43. The van der Waals surface area contributed by atoms with E-state index in [-0.39, 0.29) is 0 Å². The van der Waals surface area contributed by atoms with E-state index in [1.807, 2.05) is 0 Å². The molecule has 1 N–H and O–H groups in total. The van der Waals surface area contributed by atoms with E-state index in [1.165, 1.54) is 0 Å². The van der Waals surface area contributed by atoms with Crippen molar-refractivity contribution in [3.63, 3.8) is 0 Å². The standard InChI is InChI=1S/C14H26N2O/c1-4-8-16-14(10-15,13-5-6-13)11-17-9-7-12(2)3/h12-13,16H,4-9,11H2,1-3H3. The van der Waals surface area contributed by atoms with E-state index in [9.17, 15) is 5.26 Å². The van der Waals surface area contributed by atoms with Gasteiger partial charge >= 0.3 is 0 Å². The molecule has 0 aliphatic heterocycles. The predicted octanol–water partition coefficient (Wildman–Crippen LogP) is 2.72. The fourth-order valence-electron chi connectivity index (χ4n) is 1.95. The van der Waals surface area contributed by atoms with Crippen LogP contribution in [0.5, 0.6) is 0 Å². The lowest BCUT2D eigenvalue weighted by Crippen LogP contribution is -2.50. The first-order valence-electron chi connectivity index (χ1n) is 6.88. The summed E-state index contributed by atoms with van der Waals surface area (Å²) >= 11 is 0. The van der Waals surface area contributed by atoms with Crippen molar-refractivity contribution in [2.24, 2.45) is 11.8 Å². The van der Waals surface area contributed by atoms with Gasteiger partial charge in [-0.05, 0) is 44.1 Å². The first-order chi connectivity index (χ1) is 8.14. The van der Waals surface area contributed by atoms with Crippen LogP contribution < -0.4 is 5.32 Å².